The normalized spacial score (nSPS) is 11.6. The van der Waals surface area contributed by atoms with E-state index in [9.17, 15) is 8.42 Å². The lowest BCUT2D eigenvalue weighted by molar-refractivity contribution is 0.0438. The maximum Gasteiger partial charge on any atom is 0.265 e. The number of nitrogens with one attached hydrogen (secondary N) is 1. The van der Waals surface area contributed by atoms with Crippen LogP contribution in [0.2, 0.25) is 5.28 Å². The van der Waals surface area contributed by atoms with Gasteiger partial charge in [-0.15, -0.1) is 0 Å². The second-order valence-electron chi connectivity index (χ2n) is 2.62. The molecule has 0 saturated heterocycles. The summed E-state index contributed by atoms with van der Waals surface area (Å²) in [5.41, 5.74) is 0. The Morgan fingerprint density at radius 1 is 1.38 bits per heavy atom. The van der Waals surface area contributed by atoms with E-state index in [0.29, 0.717) is 0 Å². The third kappa shape index (κ3) is 3.99. The van der Waals surface area contributed by atoms with E-state index in [4.69, 9.17) is 11.6 Å². The number of rotatable bonds is 6. The molecule has 1 N–H and O–H groups in total. The van der Waals surface area contributed by atoms with Crippen molar-refractivity contribution in [3.05, 3.63) is 17.7 Å². The lowest BCUT2D eigenvalue weighted by atomic mass is 10.7. The van der Waals surface area contributed by atoms with Gasteiger partial charge in [0.1, 0.15) is 4.90 Å². The van der Waals surface area contributed by atoms with E-state index >= 15 is 0 Å². The van der Waals surface area contributed by atoms with E-state index in [1.807, 2.05) is 4.89 Å². The predicted molar refractivity (Wildman–Crippen MR) is 55.2 cm³/mol. The first-order valence-corrected chi connectivity index (χ1v) is 6.02. The smallest absolute Gasteiger partial charge is 0.265 e. The minimum Gasteiger partial charge on any atom is -0.382 e. The molecule has 0 aliphatic carbocycles. The van der Waals surface area contributed by atoms with Gasteiger partial charge in [-0.25, -0.2) is 18.4 Å². The molecule has 1 rings (SSSR count). The Balaban J connectivity index is 2.60. The second kappa shape index (κ2) is 6.06. The summed E-state index contributed by atoms with van der Waals surface area (Å²) >= 11 is 5.42. The lowest BCUT2D eigenvalue weighted by Crippen LogP contribution is -2.26. The highest BCUT2D eigenvalue weighted by Crippen LogP contribution is 2.07. The molecule has 1 aromatic rings. The molecule has 9 heteroatoms. The van der Waals surface area contributed by atoms with Crippen molar-refractivity contribution in [1.29, 1.82) is 0 Å². The predicted octanol–water partition coefficient (Wildman–Crippen LogP) is -0.0137. The number of hydrogen-bond acceptors (Lipinski definition) is 6. The molecule has 0 unspecified atom stereocenters. The molecule has 90 valence electrons. The van der Waals surface area contributed by atoms with Crippen LogP contribution in [0.4, 0.5) is 0 Å². The highest BCUT2D eigenvalue weighted by molar-refractivity contribution is 7.89. The van der Waals surface area contributed by atoms with E-state index in [2.05, 4.69) is 19.5 Å². The van der Waals surface area contributed by atoms with Crippen LogP contribution >= 0.6 is 11.6 Å². The van der Waals surface area contributed by atoms with Crippen molar-refractivity contribution in [1.82, 2.24) is 14.9 Å². The van der Waals surface area contributed by atoms with Gasteiger partial charge in [0.2, 0.25) is 5.28 Å². The third-order valence-corrected chi connectivity index (χ3v) is 2.83. The van der Waals surface area contributed by atoms with Gasteiger partial charge in [-0.05, 0) is 11.6 Å². The number of hydrogen-bond donors (Lipinski definition) is 1. The molecule has 1 aromatic heterocycles. The molecule has 0 aliphatic rings. The van der Waals surface area contributed by atoms with Crippen LogP contribution in [0.5, 0.6) is 0 Å². The first kappa shape index (κ1) is 13.3. The fourth-order valence-electron chi connectivity index (χ4n) is 0.732. The van der Waals surface area contributed by atoms with Crippen LogP contribution in [0, 0.1) is 0 Å². The first-order valence-electron chi connectivity index (χ1n) is 4.16. The zero-order chi connectivity index (χ0) is 12.0. The van der Waals surface area contributed by atoms with Gasteiger partial charge in [0.25, 0.3) is 10.0 Å². The first-order chi connectivity index (χ1) is 7.56. The largest absolute Gasteiger partial charge is 0.382 e. The summed E-state index contributed by atoms with van der Waals surface area (Å²) in [4.78, 5) is 13.5. The van der Waals surface area contributed by atoms with E-state index < -0.39 is 10.0 Å². The van der Waals surface area contributed by atoms with Crippen LogP contribution in [0.3, 0.4) is 0 Å². The Morgan fingerprint density at radius 2 is 2.00 bits per heavy atom. The highest BCUT2D eigenvalue weighted by Gasteiger charge is 2.14. The van der Waals surface area contributed by atoms with Crippen molar-refractivity contribution in [2.24, 2.45) is 0 Å². The van der Waals surface area contributed by atoms with Crippen LogP contribution in [-0.4, -0.2) is 38.7 Å². The van der Waals surface area contributed by atoms with Crippen molar-refractivity contribution in [2.45, 2.75) is 4.90 Å². The SMILES string of the molecule is COCCONS(=O)(=O)c1cnc(Cl)nc1. The third-order valence-electron chi connectivity index (χ3n) is 1.47. The molecule has 0 atom stereocenters. The molecule has 0 amide bonds. The van der Waals surface area contributed by atoms with Gasteiger partial charge in [-0.1, -0.05) is 4.89 Å². The summed E-state index contributed by atoms with van der Waals surface area (Å²) in [6, 6.07) is 0. The molecule has 0 radical (unpaired) electrons. The van der Waals surface area contributed by atoms with E-state index in [0.717, 1.165) is 12.4 Å². The zero-order valence-corrected chi connectivity index (χ0v) is 9.95. The summed E-state index contributed by atoms with van der Waals surface area (Å²) in [5.74, 6) is 0. The van der Waals surface area contributed by atoms with Crippen molar-refractivity contribution >= 4 is 21.6 Å². The molecule has 16 heavy (non-hydrogen) atoms. The quantitative estimate of drug-likeness (QED) is 0.443. The van der Waals surface area contributed by atoms with Gasteiger partial charge >= 0.3 is 0 Å². The van der Waals surface area contributed by atoms with Gasteiger partial charge < -0.3 is 4.74 Å². The summed E-state index contributed by atoms with van der Waals surface area (Å²) in [6.45, 7) is 0.379. The molecule has 0 spiro atoms. The van der Waals surface area contributed by atoms with Crippen molar-refractivity contribution < 1.29 is 18.0 Å². The minimum absolute atomic E-state index is 0.0285. The number of methoxy groups -OCH3 is 1. The second-order valence-corrected chi connectivity index (χ2v) is 4.60. The van der Waals surface area contributed by atoms with Crippen molar-refractivity contribution in [3.63, 3.8) is 0 Å². The monoisotopic (exact) mass is 267 g/mol. The van der Waals surface area contributed by atoms with E-state index in [1.54, 1.807) is 0 Å². The van der Waals surface area contributed by atoms with Crippen LogP contribution in [0.1, 0.15) is 0 Å². The Bertz CT molecular complexity index is 422. The maximum absolute atomic E-state index is 11.5. The number of aromatic nitrogens is 2. The van der Waals surface area contributed by atoms with Crippen LogP contribution in [0.25, 0.3) is 0 Å². The molecular formula is C7H10ClN3O4S. The molecule has 0 fully saturated rings. The standard InChI is InChI=1S/C7H10ClN3O4S/c1-14-2-3-15-11-16(12,13)6-4-9-7(8)10-5-6/h4-5,11H,2-3H2,1H3. The Hall–Kier alpha value is -0.800. The highest BCUT2D eigenvalue weighted by atomic mass is 35.5. The van der Waals surface area contributed by atoms with Crippen molar-refractivity contribution in [2.75, 3.05) is 20.3 Å². The van der Waals surface area contributed by atoms with Crippen LogP contribution in [0.15, 0.2) is 17.3 Å². The van der Waals surface area contributed by atoms with E-state index in [1.165, 1.54) is 7.11 Å². The Labute approximate surface area is 97.8 Å². The Morgan fingerprint density at radius 3 is 2.56 bits per heavy atom. The van der Waals surface area contributed by atoms with Gasteiger partial charge in [0, 0.05) is 7.11 Å². The van der Waals surface area contributed by atoms with Gasteiger partial charge in [-0.3, -0.25) is 4.84 Å². The molecular weight excluding hydrogens is 258 g/mol. The average molecular weight is 268 g/mol. The van der Waals surface area contributed by atoms with Gasteiger partial charge in [-0.2, -0.15) is 0 Å². The molecule has 0 aromatic carbocycles. The summed E-state index contributed by atoms with van der Waals surface area (Å²) < 4.78 is 27.7. The Kier molecular flexibility index (Phi) is 5.03. The fraction of sp³-hybridized carbons (Fsp3) is 0.429. The maximum atomic E-state index is 11.5. The minimum atomic E-state index is -3.77. The summed E-state index contributed by atoms with van der Waals surface area (Å²) in [5, 5.41) is -0.0285. The molecule has 0 bridgehead atoms. The van der Waals surface area contributed by atoms with Gasteiger partial charge in [0.15, 0.2) is 0 Å². The molecule has 0 aliphatic heterocycles. The topological polar surface area (TPSA) is 90.4 Å². The fourth-order valence-corrected chi connectivity index (χ4v) is 1.55. The molecule has 1 heterocycles. The van der Waals surface area contributed by atoms with Crippen LogP contribution in [-0.2, 0) is 19.6 Å². The summed E-state index contributed by atoms with van der Waals surface area (Å²) in [6.07, 6.45) is 2.16. The van der Waals surface area contributed by atoms with Gasteiger partial charge in [0.05, 0.1) is 25.6 Å². The zero-order valence-electron chi connectivity index (χ0n) is 8.38. The molecule has 0 saturated carbocycles. The van der Waals surface area contributed by atoms with E-state index in [-0.39, 0.29) is 23.4 Å². The summed E-state index contributed by atoms with van der Waals surface area (Å²) in [7, 11) is -2.29. The van der Waals surface area contributed by atoms with Crippen molar-refractivity contribution in [3.8, 4) is 0 Å². The number of nitrogens with zero attached hydrogens (tertiary/aromatic N) is 2. The number of ether oxygens (including phenoxy) is 1. The molecule has 7 nitrogen and oxygen atoms in total. The number of halogens is 1. The lowest BCUT2D eigenvalue weighted by Gasteiger charge is -2.05. The number of sulfonamides is 1. The average Bonchev–Trinajstić information content (AvgIpc) is 2.25. The van der Waals surface area contributed by atoms with Crippen LogP contribution < -0.4 is 4.89 Å².